The average molecular weight is 412 g/mol. The van der Waals surface area contributed by atoms with Crippen LogP contribution in [0.5, 0.6) is 0 Å². The number of carbonyl (C=O) groups excluding carboxylic acids is 3. The molecule has 1 heterocycles. The molecule has 3 rings (SSSR count). The molecule has 1 atom stereocenters. The summed E-state index contributed by atoms with van der Waals surface area (Å²) in [4.78, 5) is 42.3. The number of para-hydroxylation sites is 1. The summed E-state index contributed by atoms with van der Waals surface area (Å²) in [6.07, 6.45) is -1.32. The lowest BCUT2D eigenvalue weighted by Gasteiger charge is -2.20. The van der Waals surface area contributed by atoms with Crippen LogP contribution in [0.15, 0.2) is 53.5 Å². The maximum atomic E-state index is 14.5. The van der Waals surface area contributed by atoms with Crippen LogP contribution in [-0.2, 0) is 14.3 Å². The van der Waals surface area contributed by atoms with E-state index in [4.69, 9.17) is 4.74 Å². The first-order chi connectivity index (χ1) is 14.4. The van der Waals surface area contributed by atoms with Gasteiger partial charge in [-0.15, -0.1) is 0 Å². The van der Waals surface area contributed by atoms with E-state index in [1.807, 2.05) is 0 Å². The highest BCUT2D eigenvalue weighted by Crippen LogP contribution is 2.27. The molecule has 2 N–H and O–H groups in total. The lowest BCUT2D eigenvalue weighted by atomic mass is 10.00. The number of benzodiazepines with no additional fused rings is 1. The van der Waals surface area contributed by atoms with Gasteiger partial charge in [0, 0.05) is 18.2 Å². The molecule has 0 aliphatic carbocycles. The van der Waals surface area contributed by atoms with E-state index >= 15 is 0 Å². The second-order valence-electron chi connectivity index (χ2n) is 6.41. The van der Waals surface area contributed by atoms with Crippen molar-refractivity contribution in [1.82, 2.24) is 10.6 Å². The molecule has 0 radical (unpaired) electrons. The van der Waals surface area contributed by atoms with Crippen molar-refractivity contribution >= 4 is 29.3 Å². The first-order valence-corrected chi connectivity index (χ1v) is 9.32. The van der Waals surface area contributed by atoms with Gasteiger partial charge in [0.15, 0.2) is 0 Å². The molecule has 2 aromatic carbocycles. The molecule has 1 aliphatic heterocycles. The van der Waals surface area contributed by atoms with Gasteiger partial charge < -0.3 is 20.3 Å². The molecule has 8 nitrogen and oxygen atoms in total. The van der Waals surface area contributed by atoms with E-state index in [0.717, 1.165) is 0 Å². The molecule has 1 unspecified atom stereocenters. The molecule has 0 saturated carbocycles. The molecule has 30 heavy (non-hydrogen) atoms. The van der Waals surface area contributed by atoms with Crippen LogP contribution in [0.25, 0.3) is 0 Å². The maximum absolute atomic E-state index is 14.5. The highest BCUT2D eigenvalue weighted by Gasteiger charge is 2.31. The number of fused-ring (bicyclic) bond motifs is 1. The summed E-state index contributed by atoms with van der Waals surface area (Å²) in [7, 11) is 1.55. The van der Waals surface area contributed by atoms with E-state index in [2.05, 4.69) is 15.6 Å². The molecule has 0 saturated heterocycles. The summed E-state index contributed by atoms with van der Waals surface area (Å²) in [5, 5.41) is 4.75. The molecule has 0 aromatic heterocycles. The zero-order valence-electron chi connectivity index (χ0n) is 16.5. The second kappa shape index (κ2) is 9.17. The Hall–Kier alpha value is -3.75. The smallest absolute Gasteiger partial charge is 0.325 e. The fourth-order valence-electron chi connectivity index (χ4n) is 3.02. The highest BCUT2D eigenvalue weighted by molar-refractivity contribution is 6.20. The summed E-state index contributed by atoms with van der Waals surface area (Å²) in [6, 6.07) is 12.2. The number of aliphatic imine (C=N–C) groups is 1. The van der Waals surface area contributed by atoms with E-state index in [1.165, 1.54) is 11.0 Å². The zero-order valence-corrected chi connectivity index (χ0v) is 16.5. The van der Waals surface area contributed by atoms with Crippen LogP contribution in [0.2, 0.25) is 0 Å². The minimum Gasteiger partial charge on any atom is -0.465 e. The standard InChI is InChI=1S/C21H21FN4O4/c1-3-30-17(27)12-23-21(29)25-19-20(28)26(2)16-11-7-5-9-14(16)18(24-19)13-8-4-6-10-15(13)22/h4-11,19H,3,12H2,1-2H3,(H2,23,25,29). The van der Waals surface area contributed by atoms with Crippen molar-refractivity contribution in [2.24, 2.45) is 4.99 Å². The number of carbonyl (C=O) groups is 3. The Balaban J connectivity index is 1.95. The van der Waals surface area contributed by atoms with Gasteiger partial charge in [-0.1, -0.05) is 30.3 Å². The molecule has 3 amide bonds. The lowest BCUT2D eigenvalue weighted by Crippen LogP contribution is -2.50. The zero-order chi connectivity index (χ0) is 21.7. The van der Waals surface area contributed by atoms with Crippen LogP contribution in [0.1, 0.15) is 18.1 Å². The normalized spacial score (nSPS) is 15.6. The fourth-order valence-corrected chi connectivity index (χ4v) is 3.02. The van der Waals surface area contributed by atoms with E-state index in [9.17, 15) is 18.8 Å². The quantitative estimate of drug-likeness (QED) is 0.732. The number of anilines is 1. The number of nitrogens with one attached hydrogen (secondary N) is 2. The van der Waals surface area contributed by atoms with Crippen LogP contribution in [0, 0.1) is 5.82 Å². The van der Waals surface area contributed by atoms with E-state index in [0.29, 0.717) is 11.3 Å². The summed E-state index contributed by atoms with van der Waals surface area (Å²) < 4.78 is 19.3. The highest BCUT2D eigenvalue weighted by atomic mass is 19.1. The Morgan fingerprint density at radius 1 is 1.13 bits per heavy atom. The number of amides is 3. The van der Waals surface area contributed by atoms with Crippen molar-refractivity contribution in [3.63, 3.8) is 0 Å². The third-order valence-corrected chi connectivity index (χ3v) is 4.44. The van der Waals surface area contributed by atoms with Crippen LogP contribution in [-0.4, -0.2) is 50.0 Å². The number of urea groups is 1. The van der Waals surface area contributed by atoms with Crippen molar-refractivity contribution in [2.75, 3.05) is 25.1 Å². The number of esters is 1. The van der Waals surface area contributed by atoms with E-state index < -0.39 is 29.9 Å². The maximum Gasteiger partial charge on any atom is 0.325 e. The Bertz CT molecular complexity index is 1010. The Morgan fingerprint density at radius 2 is 1.80 bits per heavy atom. The minimum atomic E-state index is -1.32. The molecule has 1 aliphatic rings. The molecule has 2 aromatic rings. The monoisotopic (exact) mass is 412 g/mol. The lowest BCUT2D eigenvalue weighted by molar-refractivity contribution is -0.141. The van der Waals surface area contributed by atoms with Gasteiger partial charge in [-0.25, -0.2) is 14.2 Å². The van der Waals surface area contributed by atoms with Crippen molar-refractivity contribution in [3.05, 3.63) is 65.5 Å². The van der Waals surface area contributed by atoms with Crippen molar-refractivity contribution in [1.29, 1.82) is 0 Å². The first kappa shape index (κ1) is 21.0. The molecular formula is C21H21FN4O4. The number of halogens is 1. The van der Waals surface area contributed by atoms with E-state index in [1.54, 1.807) is 56.4 Å². The number of hydrogen-bond acceptors (Lipinski definition) is 5. The SMILES string of the molecule is CCOC(=O)CNC(=O)NC1N=C(c2ccccc2F)c2ccccc2N(C)C1=O. The average Bonchev–Trinajstić information content (AvgIpc) is 2.84. The number of hydrogen-bond donors (Lipinski definition) is 2. The van der Waals surface area contributed by atoms with Gasteiger partial charge in [0.1, 0.15) is 12.4 Å². The van der Waals surface area contributed by atoms with Gasteiger partial charge in [-0.2, -0.15) is 0 Å². The fraction of sp³-hybridized carbons (Fsp3) is 0.238. The number of rotatable bonds is 5. The third-order valence-electron chi connectivity index (χ3n) is 4.44. The second-order valence-corrected chi connectivity index (χ2v) is 6.41. The third kappa shape index (κ3) is 4.45. The van der Waals surface area contributed by atoms with Gasteiger partial charge in [0.05, 0.1) is 18.0 Å². The molecule has 0 fully saturated rings. The topological polar surface area (TPSA) is 100 Å². The predicted octanol–water partition coefficient (Wildman–Crippen LogP) is 1.83. The van der Waals surface area contributed by atoms with Crippen molar-refractivity contribution < 1.29 is 23.5 Å². The largest absolute Gasteiger partial charge is 0.465 e. The van der Waals surface area contributed by atoms with Crippen molar-refractivity contribution in [2.45, 2.75) is 13.1 Å². The van der Waals surface area contributed by atoms with Crippen LogP contribution in [0.4, 0.5) is 14.9 Å². The van der Waals surface area contributed by atoms with Gasteiger partial charge in [-0.05, 0) is 25.1 Å². The Morgan fingerprint density at radius 3 is 2.50 bits per heavy atom. The van der Waals surface area contributed by atoms with Crippen LogP contribution in [0.3, 0.4) is 0 Å². The van der Waals surface area contributed by atoms with Gasteiger partial charge in [0.25, 0.3) is 5.91 Å². The number of ether oxygens (including phenoxy) is 1. The van der Waals surface area contributed by atoms with Gasteiger partial charge in [0.2, 0.25) is 6.17 Å². The summed E-state index contributed by atoms with van der Waals surface area (Å²) in [5.74, 6) is -1.63. The van der Waals surface area contributed by atoms with Gasteiger partial charge in [-0.3, -0.25) is 9.59 Å². The summed E-state index contributed by atoms with van der Waals surface area (Å²) in [5.41, 5.74) is 1.51. The number of nitrogens with zero attached hydrogens (tertiary/aromatic N) is 2. The molecule has 0 bridgehead atoms. The minimum absolute atomic E-state index is 0.183. The Labute approximate surface area is 172 Å². The Kier molecular flexibility index (Phi) is 6.41. The molecule has 156 valence electrons. The summed E-state index contributed by atoms with van der Waals surface area (Å²) in [6.45, 7) is 1.47. The molecule has 0 spiro atoms. The first-order valence-electron chi connectivity index (χ1n) is 9.32. The number of likely N-dealkylation sites (N-methyl/N-ethyl adjacent to an activating group) is 1. The molecular weight excluding hydrogens is 391 g/mol. The summed E-state index contributed by atoms with van der Waals surface area (Å²) >= 11 is 0. The molecule has 9 heteroatoms. The number of benzene rings is 2. The van der Waals surface area contributed by atoms with Crippen LogP contribution >= 0.6 is 0 Å². The van der Waals surface area contributed by atoms with Crippen molar-refractivity contribution in [3.8, 4) is 0 Å². The van der Waals surface area contributed by atoms with E-state index in [-0.39, 0.29) is 24.4 Å². The predicted molar refractivity (Wildman–Crippen MR) is 109 cm³/mol. The van der Waals surface area contributed by atoms with Crippen LogP contribution < -0.4 is 15.5 Å². The van der Waals surface area contributed by atoms with Gasteiger partial charge >= 0.3 is 12.0 Å².